The number of nitrogens with zero attached hydrogens (tertiary/aromatic N) is 1. The zero-order valence-electron chi connectivity index (χ0n) is 7.26. The van der Waals surface area contributed by atoms with E-state index in [1.54, 1.807) is 0 Å². The van der Waals surface area contributed by atoms with E-state index < -0.39 is 0 Å². The van der Waals surface area contributed by atoms with Crippen LogP contribution in [0.2, 0.25) is 0 Å². The van der Waals surface area contributed by atoms with Gasteiger partial charge in [0.15, 0.2) is 0 Å². The second-order valence-corrected chi connectivity index (χ2v) is 3.65. The lowest BCUT2D eigenvalue weighted by molar-refractivity contribution is -0.144. The fourth-order valence-electron chi connectivity index (χ4n) is 1.39. The SMILES string of the molecule is CC1(C)CCN1C(=O)CCN. The van der Waals surface area contributed by atoms with Crippen molar-refractivity contribution < 1.29 is 4.79 Å². The summed E-state index contributed by atoms with van der Waals surface area (Å²) in [6, 6.07) is 0. The molecular formula is C8H16N2O. The molecule has 0 aromatic rings. The molecule has 0 radical (unpaired) electrons. The number of hydrogen-bond donors (Lipinski definition) is 1. The van der Waals surface area contributed by atoms with E-state index in [0.29, 0.717) is 13.0 Å². The van der Waals surface area contributed by atoms with Crippen molar-refractivity contribution in [3.63, 3.8) is 0 Å². The van der Waals surface area contributed by atoms with E-state index in [-0.39, 0.29) is 11.4 Å². The van der Waals surface area contributed by atoms with Crippen LogP contribution < -0.4 is 5.73 Å². The van der Waals surface area contributed by atoms with Crippen molar-refractivity contribution in [2.24, 2.45) is 5.73 Å². The van der Waals surface area contributed by atoms with Crippen LogP contribution in [0.3, 0.4) is 0 Å². The van der Waals surface area contributed by atoms with E-state index in [4.69, 9.17) is 5.73 Å². The Kier molecular flexibility index (Phi) is 2.18. The quantitative estimate of drug-likeness (QED) is 0.627. The summed E-state index contributed by atoms with van der Waals surface area (Å²) in [6.45, 7) is 5.55. The maximum atomic E-state index is 11.3. The van der Waals surface area contributed by atoms with Gasteiger partial charge in [0.1, 0.15) is 0 Å². The molecule has 1 fully saturated rings. The molecule has 0 atom stereocenters. The van der Waals surface area contributed by atoms with Crippen LogP contribution in [0.15, 0.2) is 0 Å². The van der Waals surface area contributed by atoms with E-state index in [1.807, 2.05) is 4.90 Å². The monoisotopic (exact) mass is 156 g/mol. The van der Waals surface area contributed by atoms with E-state index >= 15 is 0 Å². The first-order valence-electron chi connectivity index (χ1n) is 4.08. The molecule has 0 bridgehead atoms. The maximum Gasteiger partial charge on any atom is 0.224 e. The van der Waals surface area contributed by atoms with Gasteiger partial charge in [0, 0.05) is 25.0 Å². The lowest BCUT2D eigenvalue weighted by atomic mass is 9.88. The van der Waals surface area contributed by atoms with Crippen LogP contribution in [-0.2, 0) is 4.79 Å². The Hall–Kier alpha value is -0.570. The first-order valence-corrected chi connectivity index (χ1v) is 4.08. The fraction of sp³-hybridized carbons (Fsp3) is 0.875. The van der Waals surface area contributed by atoms with Crippen molar-refractivity contribution in [1.82, 2.24) is 4.90 Å². The average molecular weight is 156 g/mol. The number of hydrogen-bond acceptors (Lipinski definition) is 2. The molecule has 2 N–H and O–H groups in total. The molecule has 0 spiro atoms. The van der Waals surface area contributed by atoms with Crippen molar-refractivity contribution in [3.8, 4) is 0 Å². The molecule has 1 rings (SSSR count). The second-order valence-electron chi connectivity index (χ2n) is 3.65. The minimum absolute atomic E-state index is 0.0895. The van der Waals surface area contributed by atoms with E-state index in [1.165, 1.54) is 0 Å². The molecule has 0 unspecified atom stereocenters. The molecule has 0 aliphatic carbocycles. The number of nitrogens with two attached hydrogens (primary N) is 1. The van der Waals surface area contributed by atoms with Gasteiger partial charge < -0.3 is 10.6 Å². The van der Waals surface area contributed by atoms with Crippen molar-refractivity contribution in [3.05, 3.63) is 0 Å². The normalized spacial score (nSPS) is 21.2. The van der Waals surface area contributed by atoms with Crippen LogP contribution >= 0.6 is 0 Å². The summed E-state index contributed by atoms with van der Waals surface area (Å²) in [5.74, 6) is 0.198. The Morgan fingerprint density at radius 1 is 1.64 bits per heavy atom. The first-order chi connectivity index (χ1) is 5.08. The van der Waals surface area contributed by atoms with Crippen LogP contribution in [0, 0.1) is 0 Å². The molecule has 11 heavy (non-hydrogen) atoms. The molecule has 3 nitrogen and oxygen atoms in total. The van der Waals surface area contributed by atoms with Gasteiger partial charge in [-0.1, -0.05) is 0 Å². The molecule has 0 aromatic heterocycles. The molecule has 1 aliphatic heterocycles. The highest BCUT2D eigenvalue weighted by molar-refractivity contribution is 5.78. The van der Waals surface area contributed by atoms with Gasteiger partial charge in [-0.3, -0.25) is 4.79 Å². The lowest BCUT2D eigenvalue weighted by Gasteiger charge is -2.48. The van der Waals surface area contributed by atoms with Crippen molar-refractivity contribution in [2.45, 2.75) is 32.2 Å². The summed E-state index contributed by atoms with van der Waals surface area (Å²) in [4.78, 5) is 13.2. The highest BCUT2D eigenvalue weighted by Gasteiger charge is 2.38. The molecule has 1 amide bonds. The van der Waals surface area contributed by atoms with Crippen LogP contribution in [-0.4, -0.2) is 29.4 Å². The number of likely N-dealkylation sites (tertiary alicyclic amines) is 1. The molecule has 0 saturated carbocycles. The molecule has 3 heteroatoms. The summed E-state index contributed by atoms with van der Waals surface area (Å²) in [5.41, 5.74) is 5.38. The third-order valence-corrected chi connectivity index (χ3v) is 2.34. The summed E-state index contributed by atoms with van der Waals surface area (Å²) in [7, 11) is 0. The van der Waals surface area contributed by atoms with Crippen molar-refractivity contribution >= 4 is 5.91 Å². The topological polar surface area (TPSA) is 46.3 Å². The molecule has 1 aliphatic rings. The van der Waals surface area contributed by atoms with Gasteiger partial charge in [0.2, 0.25) is 5.91 Å². The standard InChI is InChI=1S/C8H16N2O/c1-8(2)4-6-10(8)7(11)3-5-9/h3-6,9H2,1-2H3. The summed E-state index contributed by atoms with van der Waals surface area (Å²) in [6.07, 6.45) is 1.60. The predicted octanol–water partition coefficient (Wildman–Crippen LogP) is 0.346. The van der Waals surface area contributed by atoms with Gasteiger partial charge in [-0.05, 0) is 20.3 Å². The van der Waals surface area contributed by atoms with Gasteiger partial charge in [-0.15, -0.1) is 0 Å². The van der Waals surface area contributed by atoms with Gasteiger partial charge in [-0.2, -0.15) is 0 Å². The van der Waals surface area contributed by atoms with E-state index in [2.05, 4.69) is 13.8 Å². The third kappa shape index (κ3) is 1.53. The first kappa shape index (κ1) is 8.53. The average Bonchev–Trinajstić information content (AvgIpc) is 1.86. The van der Waals surface area contributed by atoms with E-state index in [0.717, 1.165) is 13.0 Å². The van der Waals surface area contributed by atoms with Crippen LogP contribution in [0.4, 0.5) is 0 Å². The van der Waals surface area contributed by atoms with Crippen LogP contribution in [0.1, 0.15) is 26.7 Å². The zero-order valence-corrected chi connectivity index (χ0v) is 7.26. The summed E-state index contributed by atoms with van der Waals surface area (Å²) < 4.78 is 0. The Morgan fingerprint density at radius 2 is 2.27 bits per heavy atom. The zero-order chi connectivity index (χ0) is 8.48. The number of rotatable bonds is 2. The molecule has 1 heterocycles. The third-order valence-electron chi connectivity index (χ3n) is 2.34. The molecular weight excluding hydrogens is 140 g/mol. The molecule has 64 valence electrons. The highest BCUT2D eigenvalue weighted by atomic mass is 16.2. The molecule has 0 aromatic carbocycles. The summed E-state index contributed by atoms with van der Waals surface area (Å²) >= 11 is 0. The summed E-state index contributed by atoms with van der Waals surface area (Å²) in [5, 5.41) is 0. The Morgan fingerprint density at radius 3 is 2.55 bits per heavy atom. The Bertz CT molecular complexity index is 165. The number of carbonyl (C=O) groups is 1. The van der Waals surface area contributed by atoms with Gasteiger partial charge in [0.25, 0.3) is 0 Å². The Labute approximate surface area is 67.5 Å². The van der Waals surface area contributed by atoms with Crippen molar-refractivity contribution in [2.75, 3.05) is 13.1 Å². The predicted molar refractivity (Wildman–Crippen MR) is 44.1 cm³/mol. The van der Waals surface area contributed by atoms with Gasteiger partial charge in [-0.25, -0.2) is 0 Å². The van der Waals surface area contributed by atoms with Gasteiger partial charge in [0.05, 0.1) is 0 Å². The largest absolute Gasteiger partial charge is 0.337 e. The second kappa shape index (κ2) is 2.81. The fourth-order valence-corrected chi connectivity index (χ4v) is 1.39. The lowest BCUT2D eigenvalue weighted by Crippen LogP contribution is -2.58. The smallest absolute Gasteiger partial charge is 0.224 e. The highest BCUT2D eigenvalue weighted by Crippen LogP contribution is 2.29. The van der Waals surface area contributed by atoms with E-state index in [9.17, 15) is 4.79 Å². The number of carbonyl (C=O) groups excluding carboxylic acids is 1. The Balaban J connectivity index is 2.43. The van der Waals surface area contributed by atoms with Gasteiger partial charge >= 0.3 is 0 Å². The minimum Gasteiger partial charge on any atom is -0.337 e. The number of amides is 1. The van der Waals surface area contributed by atoms with Crippen LogP contribution in [0.25, 0.3) is 0 Å². The van der Waals surface area contributed by atoms with Crippen LogP contribution in [0.5, 0.6) is 0 Å². The minimum atomic E-state index is 0.0895. The maximum absolute atomic E-state index is 11.3. The van der Waals surface area contributed by atoms with Crippen molar-refractivity contribution in [1.29, 1.82) is 0 Å². The molecule has 1 saturated heterocycles.